The van der Waals surface area contributed by atoms with E-state index in [2.05, 4.69) is 35.9 Å². The Morgan fingerprint density at radius 2 is 1.78 bits per heavy atom. The maximum absolute atomic E-state index is 14.2. The minimum absolute atomic E-state index is 0.00359. The Bertz CT molecular complexity index is 2150. The fourth-order valence-electron chi connectivity index (χ4n) is 5.36. The van der Waals surface area contributed by atoms with E-state index >= 15 is 0 Å². The summed E-state index contributed by atoms with van der Waals surface area (Å²) in [6.07, 6.45) is 0.373. The first-order chi connectivity index (χ1) is 23.2. The third-order valence-corrected chi connectivity index (χ3v) is 9.20. The predicted octanol–water partition coefficient (Wildman–Crippen LogP) is 4.57. The maximum atomic E-state index is 14.2. The summed E-state index contributed by atoms with van der Waals surface area (Å²) in [4.78, 5) is 32.0. The smallest absolute Gasteiger partial charge is 0.418 e. The van der Waals surface area contributed by atoms with Crippen LogP contribution in [0.5, 0.6) is 0 Å². The Hall–Kier alpha value is -5.17. The Kier molecular flexibility index (Phi) is 8.97. The molecule has 19 heteroatoms. The van der Waals surface area contributed by atoms with Gasteiger partial charge in [-0.15, -0.1) is 0 Å². The number of alkyl halides is 5. The van der Waals surface area contributed by atoms with Gasteiger partial charge in [0.15, 0.2) is 6.39 Å². The third kappa shape index (κ3) is 7.62. The largest absolute Gasteiger partial charge is 0.432 e. The van der Waals surface area contributed by atoms with Crippen LogP contribution in [0.15, 0.2) is 75.7 Å². The van der Waals surface area contributed by atoms with Crippen molar-refractivity contribution in [3.8, 4) is 0 Å². The Morgan fingerprint density at radius 1 is 1.00 bits per heavy atom. The number of benzene rings is 1. The van der Waals surface area contributed by atoms with E-state index in [9.17, 15) is 35.2 Å². The molecular weight excluding hydrogens is 677 g/mol. The van der Waals surface area contributed by atoms with Gasteiger partial charge in [0.25, 0.3) is 11.5 Å². The van der Waals surface area contributed by atoms with Crippen molar-refractivity contribution in [1.29, 1.82) is 0 Å². The van der Waals surface area contributed by atoms with Gasteiger partial charge in [-0.3, -0.25) is 14.3 Å². The molecule has 5 heterocycles. The zero-order chi connectivity index (χ0) is 35.0. The number of sulfone groups is 1. The van der Waals surface area contributed by atoms with Gasteiger partial charge in [-0.05, 0) is 36.4 Å². The van der Waals surface area contributed by atoms with Gasteiger partial charge in [0.1, 0.15) is 22.8 Å². The summed E-state index contributed by atoms with van der Waals surface area (Å²) in [5, 5.41) is 8.19. The molecule has 3 N–H and O–H groups in total. The number of nitrogens with one attached hydrogen (secondary N) is 3. The van der Waals surface area contributed by atoms with Gasteiger partial charge in [0.05, 0.1) is 24.0 Å². The van der Waals surface area contributed by atoms with E-state index in [1.165, 1.54) is 36.8 Å². The predicted molar refractivity (Wildman–Crippen MR) is 169 cm³/mol. The number of anilines is 5. The average molecular weight is 706 g/mol. The molecule has 0 aliphatic carbocycles. The molecule has 13 nitrogen and oxygen atoms in total. The number of oxazole rings is 1. The van der Waals surface area contributed by atoms with E-state index < -0.39 is 50.4 Å². The highest BCUT2D eigenvalue weighted by atomic mass is 32.2. The van der Waals surface area contributed by atoms with Crippen LogP contribution in [0, 0.1) is 0 Å². The van der Waals surface area contributed by atoms with Gasteiger partial charge in [-0.25, -0.2) is 27.2 Å². The molecule has 258 valence electrons. The van der Waals surface area contributed by atoms with Gasteiger partial charge >= 0.3 is 6.18 Å². The fraction of sp³-hybridized carbons (Fsp3) is 0.300. The average Bonchev–Trinajstić information content (AvgIpc) is 3.52. The Balaban J connectivity index is 1.42. The number of fused-ring (bicyclic) bond motifs is 1. The second-order valence-corrected chi connectivity index (χ2v) is 13.2. The van der Waals surface area contributed by atoms with Gasteiger partial charge < -0.3 is 25.3 Å². The molecule has 6 rings (SSSR count). The first kappa shape index (κ1) is 33.7. The second-order valence-electron chi connectivity index (χ2n) is 11.3. The number of pyridine rings is 2. The number of rotatable bonds is 10. The Morgan fingerprint density at radius 3 is 2.47 bits per heavy atom. The van der Waals surface area contributed by atoms with Crippen LogP contribution >= 0.6 is 0 Å². The molecule has 0 atom stereocenters. The molecular formula is C30H28F5N9O4S. The van der Waals surface area contributed by atoms with Crippen LogP contribution in [0.4, 0.5) is 50.6 Å². The molecule has 1 aliphatic heterocycles. The summed E-state index contributed by atoms with van der Waals surface area (Å²) >= 11 is 0. The van der Waals surface area contributed by atoms with E-state index in [4.69, 9.17) is 4.42 Å². The SMILES string of the molecule is CC(F)(F)CS(=O)(=O)c1ocnc1Cn1c(=O)c(Nc2cccnc2)cc2cnc(Nc3ccc(N4CCNCC4)c(C(F)(F)F)c3)nc21. The van der Waals surface area contributed by atoms with Crippen LogP contribution in [0.2, 0.25) is 0 Å². The van der Waals surface area contributed by atoms with Crippen LogP contribution < -0.4 is 26.4 Å². The van der Waals surface area contributed by atoms with Gasteiger partial charge in [-0.2, -0.15) is 18.2 Å². The highest BCUT2D eigenvalue weighted by Crippen LogP contribution is 2.39. The summed E-state index contributed by atoms with van der Waals surface area (Å²) in [6, 6.07) is 8.43. The molecule has 1 aliphatic rings. The molecule has 0 radical (unpaired) electrons. The summed E-state index contributed by atoms with van der Waals surface area (Å²) < 4.78 is 102. The van der Waals surface area contributed by atoms with E-state index in [0.29, 0.717) is 38.8 Å². The molecule has 0 amide bonds. The normalized spacial score (nSPS) is 14.3. The van der Waals surface area contributed by atoms with Crippen molar-refractivity contribution in [3.63, 3.8) is 0 Å². The highest BCUT2D eigenvalue weighted by molar-refractivity contribution is 7.91. The second kappa shape index (κ2) is 13.0. The van der Waals surface area contributed by atoms with Crippen LogP contribution in [0.25, 0.3) is 11.0 Å². The molecule has 1 saturated heterocycles. The quantitative estimate of drug-likeness (QED) is 0.174. The summed E-state index contributed by atoms with van der Waals surface area (Å²) in [5.41, 5.74) is -1.54. The van der Waals surface area contributed by atoms with Crippen LogP contribution in [0.1, 0.15) is 18.2 Å². The number of hydrogen-bond donors (Lipinski definition) is 3. The minimum atomic E-state index is -4.69. The molecule has 0 bridgehead atoms. The standard InChI is InChI=1S/C30H28F5N9O4S/c1-29(31,32)16-49(46,47)27-23(39-17-48-27)15-44-25-18(11-22(26(44)45)40-20-3-2-6-37-14-20)13-38-28(42-25)41-19-4-5-24(21(12-19)30(33,34)35)43-9-7-36-8-10-43/h2-6,11-14,17,36,40H,7-10,15-16H2,1H3,(H,38,41,42). The first-order valence-electron chi connectivity index (χ1n) is 14.7. The van der Waals surface area contributed by atoms with Crippen molar-refractivity contribution in [3.05, 3.63) is 83.0 Å². The number of nitrogens with zero attached hydrogens (tertiary/aromatic N) is 6. The molecule has 5 aromatic rings. The number of piperazine rings is 1. The summed E-state index contributed by atoms with van der Waals surface area (Å²) in [7, 11) is -4.69. The molecule has 1 fully saturated rings. The lowest BCUT2D eigenvalue weighted by atomic mass is 10.1. The lowest BCUT2D eigenvalue weighted by molar-refractivity contribution is -0.137. The van der Waals surface area contributed by atoms with Gasteiger partial charge in [0.2, 0.25) is 20.9 Å². The van der Waals surface area contributed by atoms with Crippen LogP contribution in [-0.2, 0) is 22.6 Å². The first-order valence-corrected chi connectivity index (χ1v) is 16.4. The lowest BCUT2D eigenvalue weighted by Gasteiger charge is -2.31. The van der Waals surface area contributed by atoms with Crippen molar-refractivity contribution in [2.45, 2.75) is 30.7 Å². The van der Waals surface area contributed by atoms with E-state index in [1.54, 1.807) is 17.0 Å². The third-order valence-electron chi connectivity index (χ3n) is 7.42. The van der Waals surface area contributed by atoms with Crippen molar-refractivity contribution < 1.29 is 34.8 Å². The van der Waals surface area contributed by atoms with Crippen molar-refractivity contribution >= 4 is 49.6 Å². The van der Waals surface area contributed by atoms with Gasteiger partial charge in [0, 0.05) is 62.3 Å². The highest BCUT2D eigenvalue weighted by Gasteiger charge is 2.37. The molecule has 1 aromatic carbocycles. The minimum Gasteiger partial charge on any atom is -0.432 e. The lowest BCUT2D eigenvalue weighted by Crippen LogP contribution is -2.44. The number of halogens is 5. The summed E-state index contributed by atoms with van der Waals surface area (Å²) in [6.45, 7) is 1.72. The molecule has 0 unspecified atom stereocenters. The van der Waals surface area contributed by atoms with Crippen LogP contribution in [0.3, 0.4) is 0 Å². The van der Waals surface area contributed by atoms with E-state index in [1.807, 2.05) is 0 Å². The van der Waals surface area contributed by atoms with Crippen molar-refractivity contribution in [2.75, 3.05) is 47.5 Å². The maximum Gasteiger partial charge on any atom is 0.418 e. The van der Waals surface area contributed by atoms with E-state index in [0.717, 1.165) is 17.0 Å². The van der Waals surface area contributed by atoms with Crippen molar-refractivity contribution in [2.24, 2.45) is 0 Å². The molecule has 0 saturated carbocycles. The van der Waals surface area contributed by atoms with Crippen molar-refractivity contribution in [1.82, 2.24) is 29.8 Å². The molecule has 4 aromatic heterocycles. The number of hydrogen-bond acceptors (Lipinski definition) is 12. The zero-order valence-corrected chi connectivity index (χ0v) is 26.4. The zero-order valence-electron chi connectivity index (χ0n) is 25.6. The number of aromatic nitrogens is 5. The summed E-state index contributed by atoms with van der Waals surface area (Å²) in [5.74, 6) is -5.34. The van der Waals surface area contributed by atoms with E-state index in [-0.39, 0.29) is 39.7 Å². The molecule has 0 spiro atoms. The monoisotopic (exact) mass is 705 g/mol. The Labute approximate surface area is 275 Å². The van der Waals surface area contributed by atoms with Gasteiger partial charge in [-0.1, -0.05) is 0 Å². The van der Waals surface area contributed by atoms with Crippen LogP contribution in [-0.4, -0.2) is 70.8 Å². The fourth-order valence-corrected chi connectivity index (χ4v) is 6.83. The topological polar surface area (TPSA) is 160 Å². The molecule has 49 heavy (non-hydrogen) atoms.